The molecule has 4 aromatic carbocycles. The number of aromatic hydroxyl groups is 1. The number of unbranched alkanes of at least 4 members (excludes halogenated alkanes) is 1. The number of benzene rings is 4. The number of aliphatic hydroxyl groups is 1. The van der Waals surface area contributed by atoms with Gasteiger partial charge in [-0.1, -0.05) is 79.9 Å². The van der Waals surface area contributed by atoms with Crippen LogP contribution in [0.4, 0.5) is 0 Å². The van der Waals surface area contributed by atoms with Crippen LogP contribution in [0.25, 0.3) is 10.8 Å². The van der Waals surface area contributed by atoms with Crippen LogP contribution in [-0.4, -0.2) is 29.2 Å². The summed E-state index contributed by atoms with van der Waals surface area (Å²) in [6, 6.07) is 26.4. The molecule has 1 fully saturated rings. The van der Waals surface area contributed by atoms with E-state index in [9.17, 15) is 15.0 Å². The Hall–Kier alpha value is -5.15. The molecule has 6 heteroatoms. The lowest BCUT2D eigenvalue weighted by Gasteiger charge is -2.28. The van der Waals surface area contributed by atoms with Gasteiger partial charge in [0.05, 0.1) is 12.5 Å². The summed E-state index contributed by atoms with van der Waals surface area (Å²) in [6.07, 6.45) is 18.0. The van der Waals surface area contributed by atoms with E-state index in [1.807, 2.05) is 36.4 Å². The van der Waals surface area contributed by atoms with Gasteiger partial charge < -0.3 is 24.4 Å². The van der Waals surface area contributed by atoms with E-state index in [2.05, 4.69) is 60.6 Å². The molecule has 6 nitrogen and oxygen atoms in total. The van der Waals surface area contributed by atoms with Crippen molar-refractivity contribution in [3.05, 3.63) is 125 Å². The number of carbonyl (C=O) groups is 1. The highest BCUT2D eigenvalue weighted by molar-refractivity contribution is 5.90. The van der Waals surface area contributed by atoms with Crippen molar-refractivity contribution >= 4 is 16.6 Å². The van der Waals surface area contributed by atoms with Gasteiger partial charge in [0, 0.05) is 18.4 Å². The molecule has 4 aromatic rings. The summed E-state index contributed by atoms with van der Waals surface area (Å²) < 4.78 is 18.4. The number of carbonyl (C=O) groups excluding carboxylic acids is 1. The zero-order valence-corrected chi connectivity index (χ0v) is 30.7. The van der Waals surface area contributed by atoms with Crippen LogP contribution in [0.15, 0.2) is 103 Å². The highest BCUT2D eigenvalue weighted by atomic mass is 16.5. The lowest BCUT2D eigenvalue weighted by Crippen LogP contribution is -2.25. The molecule has 6 bridgehead atoms. The third-order valence-electron chi connectivity index (χ3n) is 11.4. The maximum atomic E-state index is 13.7. The number of aliphatic hydroxyl groups excluding tert-OH is 1. The van der Waals surface area contributed by atoms with Crippen molar-refractivity contribution in [1.29, 1.82) is 0 Å². The van der Waals surface area contributed by atoms with E-state index in [1.165, 1.54) is 5.56 Å². The third kappa shape index (κ3) is 8.74. The van der Waals surface area contributed by atoms with Gasteiger partial charge in [-0.25, -0.2) is 0 Å². The minimum atomic E-state index is -0.571. The van der Waals surface area contributed by atoms with Crippen LogP contribution in [0.1, 0.15) is 86.5 Å². The molecule has 2 aliphatic carbocycles. The van der Waals surface area contributed by atoms with E-state index in [0.29, 0.717) is 37.4 Å². The standard InChI is InChI=1S/C47H50O6/c1-51-44-22-15-34-13-18-40(49)31-41(30-38-29-39(48)19-16-36(38)12-6-5-11-33-9-3-2-4-10-33)52-26-25-47(23-7-8-24-47)46-42-20-14-35(32-53-45(44)28-34)27-37(42)17-21-43(46)50/h2-4,9-10,14-17,19-22,27-29,36,38,41,48,50H,5-8,11-13,18,23-24,30-32H2,1H3/t36-,38-,41-/m0/s1. The Labute approximate surface area is 313 Å². The van der Waals surface area contributed by atoms with Crippen molar-refractivity contribution in [3.63, 3.8) is 0 Å². The molecule has 3 atom stereocenters. The highest BCUT2D eigenvalue weighted by Gasteiger charge is 2.38. The number of hydrogen-bond acceptors (Lipinski definition) is 6. The maximum Gasteiger partial charge on any atom is 0.161 e. The summed E-state index contributed by atoms with van der Waals surface area (Å²) in [7, 11) is 1.63. The Balaban J connectivity index is 1.18. The van der Waals surface area contributed by atoms with Crippen molar-refractivity contribution in [2.75, 3.05) is 7.11 Å². The Morgan fingerprint density at radius 1 is 0.906 bits per heavy atom. The van der Waals surface area contributed by atoms with Gasteiger partial charge in [-0.3, -0.25) is 4.79 Å². The predicted octanol–water partition coefficient (Wildman–Crippen LogP) is 10.2. The van der Waals surface area contributed by atoms with Crippen molar-refractivity contribution in [3.8, 4) is 29.3 Å². The molecule has 0 amide bonds. The fourth-order valence-electron chi connectivity index (χ4n) is 8.52. The van der Waals surface area contributed by atoms with Gasteiger partial charge in [-0.05, 0) is 127 Å². The Kier molecular flexibility index (Phi) is 11.4. The Bertz CT molecular complexity index is 2030. The summed E-state index contributed by atoms with van der Waals surface area (Å²) >= 11 is 0. The summed E-state index contributed by atoms with van der Waals surface area (Å²) in [6.45, 7) is 0.347. The number of rotatable bonds is 8. The van der Waals surface area contributed by atoms with Gasteiger partial charge in [0.1, 0.15) is 36.1 Å². The number of phenols is 1. The first-order chi connectivity index (χ1) is 25.9. The van der Waals surface area contributed by atoms with Gasteiger partial charge >= 0.3 is 0 Å². The fourth-order valence-corrected chi connectivity index (χ4v) is 8.52. The highest BCUT2D eigenvalue weighted by Crippen LogP contribution is 2.47. The van der Waals surface area contributed by atoms with Crippen LogP contribution in [-0.2, 0) is 34.4 Å². The number of ether oxygens (including phenoxy) is 3. The van der Waals surface area contributed by atoms with E-state index in [4.69, 9.17) is 14.2 Å². The average molecular weight is 711 g/mol. The summed E-state index contributed by atoms with van der Waals surface area (Å²) in [4.78, 5) is 13.7. The molecule has 0 saturated heterocycles. The van der Waals surface area contributed by atoms with E-state index >= 15 is 0 Å². The van der Waals surface area contributed by atoms with Gasteiger partial charge in [-0.15, -0.1) is 0 Å². The fraction of sp³-hybridized carbons (Fsp3) is 0.383. The molecule has 2 aliphatic heterocycles. The van der Waals surface area contributed by atoms with Crippen LogP contribution in [0.5, 0.6) is 17.2 Å². The lowest BCUT2D eigenvalue weighted by atomic mass is 9.76. The molecular weight excluding hydrogens is 661 g/mol. The van der Waals surface area contributed by atoms with Crippen LogP contribution in [0.2, 0.25) is 0 Å². The number of hydrogen-bond donors (Lipinski definition) is 2. The van der Waals surface area contributed by atoms with E-state index in [-0.39, 0.29) is 35.5 Å². The summed E-state index contributed by atoms with van der Waals surface area (Å²) in [5, 5.41) is 24.0. The van der Waals surface area contributed by atoms with Gasteiger partial charge in [-0.2, -0.15) is 0 Å². The predicted molar refractivity (Wildman–Crippen MR) is 209 cm³/mol. The van der Waals surface area contributed by atoms with Gasteiger partial charge in [0.25, 0.3) is 0 Å². The minimum Gasteiger partial charge on any atom is -0.508 e. The normalized spacial score (nSPS) is 21.2. The largest absolute Gasteiger partial charge is 0.508 e. The molecular formula is C47H50O6. The Morgan fingerprint density at radius 2 is 1.74 bits per heavy atom. The number of phenolic OH excluding ortho intramolecular Hbond substituents is 1. The number of methoxy groups -OCH3 is 1. The zero-order valence-electron chi connectivity index (χ0n) is 30.7. The molecule has 2 N–H and O–H groups in total. The number of Topliss-reactive ketones (excluding diaryl/α,β-unsaturated/α-hetero) is 1. The van der Waals surface area contributed by atoms with Gasteiger partial charge in [0.15, 0.2) is 11.5 Å². The topological polar surface area (TPSA) is 85.2 Å². The maximum absolute atomic E-state index is 13.7. The monoisotopic (exact) mass is 710 g/mol. The zero-order chi connectivity index (χ0) is 36.6. The minimum absolute atomic E-state index is 0.0102. The molecule has 274 valence electrons. The summed E-state index contributed by atoms with van der Waals surface area (Å²) in [5.41, 5.74) is 3.61. The summed E-state index contributed by atoms with van der Waals surface area (Å²) in [5.74, 6) is 5.61. The second kappa shape index (κ2) is 16.7. The van der Waals surface area contributed by atoms with Crippen LogP contribution in [0, 0.1) is 23.9 Å². The molecule has 0 radical (unpaired) electrons. The Morgan fingerprint density at radius 3 is 2.57 bits per heavy atom. The molecule has 53 heavy (non-hydrogen) atoms. The number of ketones is 1. The number of fused-ring (bicyclic) bond motifs is 8. The molecule has 4 aliphatic rings. The lowest BCUT2D eigenvalue weighted by molar-refractivity contribution is -0.121. The van der Waals surface area contributed by atoms with Crippen molar-refractivity contribution in [2.45, 2.75) is 95.2 Å². The van der Waals surface area contributed by atoms with Gasteiger partial charge in [0.2, 0.25) is 0 Å². The number of aryl methyl sites for hydroxylation is 2. The molecule has 1 spiro atoms. The molecule has 1 saturated carbocycles. The van der Waals surface area contributed by atoms with Crippen LogP contribution in [0.3, 0.4) is 0 Å². The molecule has 8 rings (SSSR count). The molecule has 0 aromatic heterocycles. The van der Waals surface area contributed by atoms with E-state index in [1.54, 1.807) is 19.3 Å². The van der Waals surface area contributed by atoms with Crippen molar-refractivity contribution in [2.24, 2.45) is 11.8 Å². The SMILES string of the molecule is COc1ccc2cc1OCc1ccc3c(c(O)ccc3c1)C1(C#CO[C@@H](C[C@@H]3C=C(O)C=C[C@@H]3CCCCc3ccccc3)CC(=O)CC2)CCCC1. The average Bonchev–Trinajstić information content (AvgIpc) is 3.64. The van der Waals surface area contributed by atoms with E-state index in [0.717, 1.165) is 78.8 Å². The first-order valence-corrected chi connectivity index (χ1v) is 19.3. The van der Waals surface area contributed by atoms with Crippen molar-refractivity contribution < 1.29 is 29.2 Å². The quantitative estimate of drug-likeness (QED) is 0.140. The second-order valence-corrected chi connectivity index (χ2v) is 15.0. The molecule has 2 heterocycles. The first kappa shape index (κ1) is 36.2. The molecule has 0 unspecified atom stereocenters. The van der Waals surface area contributed by atoms with E-state index < -0.39 is 11.5 Å². The van der Waals surface area contributed by atoms with Crippen LogP contribution < -0.4 is 9.47 Å². The van der Waals surface area contributed by atoms with Crippen molar-refractivity contribution in [1.82, 2.24) is 0 Å². The smallest absolute Gasteiger partial charge is 0.161 e. The third-order valence-corrected chi connectivity index (χ3v) is 11.4. The second-order valence-electron chi connectivity index (χ2n) is 15.0. The number of allylic oxidation sites excluding steroid dienone is 3. The van der Waals surface area contributed by atoms with Crippen LogP contribution >= 0.6 is 0 Å². The first-order valence-electron chi connectivity index (χ1n) is 19.3.